The van der Waals surface area contributed by atoms with Gasteiger partial charge in [0.15, 0.2) is 0 Å². The van der Waals surface area contributed by atoms with Crippen molar-refractivity contribution in [2.75, 3.05) is 0 Å². The highest BCUT2D eigenvalue weighted by Crippen LogP contribution is 2.22. The van der Waals surface area contributed by atoms with Crippen LogP contribution in [-0.4, -0.2) is 6.04 Å². The summed E-state index contributed by atoms with van der Waals surface area (Å²) in [6, 6.07) is 9.31. The summed E-state index contributed by atoms with van der Waals surface area (Å²) in [5, 5.41) is 3.63. The molecule has 86 valence electrons. The maximum Gasteiger partial charge on any atom is 0.0342 e. The van der Waals surface area contributed by atoms with E-state index in [9.17, 15) is 0 Å². The second-order valence-corrected chi connectivity index (χ2v) is 4.71. The Morgan fingerprint density at radius 3 is 2.53 bits per heavy atom. The van der Waals surface area contributed by atoms with Gasteiger partial charge in [0.2, 0.25) is 0 Å². The van der Waals surface area contributed by atoms with Crippen LogP contribution in [0.5, 0.6) is 0 Å². The van der Waals surface area contributed by atoms with Crippen LogP contribution in [0.4, 0.5) is 0 Å². The van der Waals surface area contributed by atoms with E-state index < -0.39 is 0 Å². The van der Waals surface area contributed by atoms with Gasteiger partial charge in [-0.25, -0.2) is 0 Å². The Morgan fingerprint density at radius 2 is 1.76 bits per heavy atom. The summed E-state index contributed by atoms with van der Waals surface area (Å²) in [6.45, 7) is 0. The molecule has 1 nitrogen and oxygen atoms in total. The monoisotopic (exact) mass is 223 g/mol. The van der Waals surface area contributed by atoms with Gasteiger partial charge in [-0.15, -0.1) is 0 Å². The Morgan fingerprint density at radius 1 is 1.00 bits per heavy atom. The molecule has 1 aromatic rings. The summed E-state index contributed by atoms with van der Waals surface area (Å²) >= 11 is 0. The van der Waals surface area contributed by atoms with E-state index in [0.29, 0.717) is 6.04 Å². The molecule has 3 rings (SSSR count). The molecule has 0 unspecified atom stereocenters. The summed E-state index contributed by atoms with van der Waals surface area (Å²) in [6.07, 6.45) is 14.2. The smallest absolute Gasteiger partial charge is 0.0342 e. The second-order valence-electron chi connectivity index (χ2n) is 4.71. The molecule has 0 atom stereocenters. The van der Waals surface area contributed by atoms with E-state index >= 15 is 0 Å². The molecule has 0 spiro atoms. The van der Waals surface area contributed by atoms with Gasteiger partial charge in [-0.3, -0.25) is 0 Å². The zero-order chi connectivity index (χ0) is 11.5. The highest BCUT2D eigenvalue weighted by molar-refractivity contribution is 5.35. The van der Waals surface area contributed by atoms with Crippen LogP contribution in [0.2, 0.25) is 0 Å². The average molecular weight is 223 g/mol. The zero-order valence-electron chi connectivity index (χ0n) is 9.89. The minimum Gasteiger partial charge on any atom is -0.382 e. The van der Waals surface area contributed by atoms with E-state index in [2.05, 4.69) is 60.0 Å². The Kier molecular flexibility index (Phi) is 2.83. The van der Waals surface area contributed by atoms with Gasteiger partial charge in [-0.2, -0.15) is 0 Å². The lowest BCUT2D eigenvalue weighted by atomic mass is 10.1. The molecule has 2 aliphatic carbocycles. The maximum absolute atomic E-state index is 3.63. The second kappa shape index (κ2) is 4.62. The van der Waals surface area contributed by atoms with E-state index in [4.69, 9.17) is 0 Å². The van der Waals surface area contributed by atoms with Crippen molar-refractivity contribution in [1.29, 1.82) is 0 Å². The molecule has 0 amide bonds. The summed E-state index contributed by atoms with van der Waals surface area (Å²) in [7, 11) is 0. The lowest BCUT2D eigenvalue weighted by Crippen LogP contribution is -2.28. The van der Waals surface area contributed by atoms with E-state index in [-0.39, 0.29) is 0 Å². The van der Waals surface area contributed by atoms with E-state index in [1.165, 1.54) is 16.8 Å². The fourth-order valence-corrected chi connectivity index (χ4v) is 2.57. The standard InChI is InChI=1S/C16H17N/c1-2-4-10-15(9-3-1)17-16-11-13-7-5-6-8-14(13)12-16/h1,3-10,16-17H,2,11-12H2. The number of rotatable bonds is 2. The fraction of sp³-hybridized carbons (Fsp3) is 0.250. The third kappa shape index (κ3) is 2.33. The van der Waals surface area contributed by atoms with Crippen molar-refractivity contribution in [2.24, 2.45) is 0 Å². The minimum atomic E-state index is 0.551. The number of allylic oxidation sites excluding steroid dienone is 5. The number of hydrogen-bond acceptors (Lipinski definition) is 1. The minimum absolute atomic E-state index is 0.551. The van der Waals surface area contributed by atoms with Gasteiger partial charge >= 0.3 is 0 Å². The molecule has 1 heteroatoms. The summed E-state index contributed by atoms with van der Waals surface area (Å²) in [4.78, 5) is 0. The van der Waals surface area contributed by atoms with Crippen LogP contribution < -0.4 is 5.32 Å². The van der Waals surface area contributed by atoms with Crippen molar-refractivity contribution in [3.8, 4) is 0 Å². The van der Waals surface area contributed by atoms with Gasteiger partial charge in [0, 0.05) is 11.7 Å². The average Bonchev–Trinajstić information content (AvgIpc) is 2.57. The highest BCUT2D eigenvalue weighted by Gasteiger charge is 2.20. The summed E-state index contributed by atoms with van der Waals surface area (Å²) in [5.74, 6) is 0. The molecule has 1 N–H and O–H groups in total. The van der Waals surface area contributed by atoms with Crippen molar-refractivity contribution < 1.29 is 0 Å². The van der Waals surface area contributed by atoms with Crippen LogP contribution in [0.3, 0.4) is 0 Å². The predicted molar refractivity (Wildman–Crippen MR) is 71.8 cm³/mol. The normalized spacial score (nSPS) is 18.7. The van der Waals surface area contributed by atoms with E-state index in [0.717, 1.165) is 19.3 Å². The van der Waals surface area contributed by atoms with E-state index in [1.54, 1.807) is 0 Å². The van der Waals surface area contributed by atoms with Gasteiger partial charge < -0.3 is 5.32 Å². The van der Waals surface area contributed by atoms with Crippen molar-refractivity contribution in [1.82, 2.24) is 5.32 Å². The fourth-order valence-electron chi connectivity index (χ4n) is 2.57. The Hall–Kier alpha value is -1.76. The molecular formula is C16H17N. The van der Waals surface area contributed by atoms with Crippen molar-refractivity contribution >= 4 is 0 Å². The van der Waals surface area contributed by atoms with Crippen molar-refractivity contribution in [3.05, 3.63) is 71.5 Å². The van der Waals surface area contributed by atoms with Gasteiger partial charge in [0.1, 0.15) is 0 Å². The molecule has 0 heterocycles. The third-order valence-electron chi connectivity index (χ3n) is 3.40. The number of hydrogen-bond donors (Lipinski definition) is 1. The first-order chi connectivity index (χ1) is 8.42. The molecule has 0 bridgehead atoms. The molecule has 0 saturated heterocycles. The number of nitrogens with one attached hydrogen (secondary N) is 1. The molecule has 0 radical (unpaired) electrons. The van der Waals surface area contributed by atoms with Gasteiger partial charge in [0.25, 0.3) is 0 Å². The van der Waals surface area contributed by atoms with Gasteiger partial charge in [-0.1, -0.05) is 42.5 Å². The SMILES string of the molecule is C1=CCC=CC(NC2Cc3ccccc3C2)=C1. The quantitative estimate of drug-likeness (QED) is 0.812. The molecule has 0 aromatic heterocycles. The zero-order valence-corrected chi connectivity index (χ0v) is 9.89. The molecule has 0 aliphatic heterocycles. The predicted octanol–water partition coefficient (Wildman–Crippen LogP) is 3.14. The Balaban J connectivity index is 1.69. The van der Waals surface area contributed by atoms with Gasteiger partial charge in [0.05, 0.1) is 0 Å². The molecule has 0 saturated carbocycles. The third-order valence-corrected chi connectivity index (χ3v) is 3.40. The van der Waals surface area contributed by atoms with Gasteiger partial charge in [-0.05, 0) is 42.5 Å². The first-order valence-electron chi connectivity index (χ1n) is 6.28. The first-order valence-corrected chi connectivity index (χ1v) is 6.28. The first kappa shape index (κ1) is 10.4. The maximum atomic E-state index is 3.63. The number of fused-ring (bicyclic) bond motifs is 1. The molecule has 17 heavy (non-hydrogen) atoms. The van der Waals surface area contributed by atoms with Crippen LogP contribution in [0, 0.1) is 0 Å². The molecular weight excluding hydrogens is 206 g/mol. The lowest BCUT2D eigenvalue weighted by molar-refractivity contribution is 0.604. The molecule has 2 aliphatic rings. The van der Waals surface area contributed by atoms with Crippen LogP contribution in [-0.2, 0) is 12.8 Å². The summed E-state index contributed by atoms with van der Waals surface area (Å²) < 4.78 is 0. The van der Waals surface area contributed by atoms with E-state index in [1.807, 2.05) is 0 Å². The molecule has 0 fully saturated rings. The van der Waals surface area contributed by atoms with Crippen LogP contribution in [0.25, 0.3) is 0 Å². The van der Waals surface area contributed by atoms with Crippen molar-refractivity contribution in [3.63, 3.8) is 0 Å². The van der Waals surface area contributed by atoms with Crippen LogP contribution in [0.1, 0.15) is 17.5 Å². The molecule has 1 aromatic carbocycles. The van der Waals surface area contributed by atoms with Crippen LogP contribution in [0.15, 0.2) is 60.3 Å². The Labute approximate surface area is 103 Å². The largest absolute Gasteiger partial charge is 0.382 e. The Bertz CT molecular complexity index is 469. The topological polar surface area (TPSA) is 12.0 Å². The lowest BCUT2D eigenvalue weighted by Gasteiger charge is -2.13. The summed E-state index contributed by atoms with van der Waals surface area (Å²) in [5.41, 5.74) is 4.23. The highest BCUT2D eigenvalue weighted by atomic mass is 14.9. The van der Waals surface area contributed by atoms with Crippen LogP contribution >= 0.6 is 0 Å². The number of benzene rings is 1. The van der Waals surface area contributed by atoms with Crippen molar-refractivity contribution in [2.45, 2.75) is 25.3 Å².